The highest BCUT2D eigenvalue weighted by Gasteiger charge is 2.24. The monoisotopic (exact) mass is 332 g/mol. The third kappa shape index (κ3) is 5.37. The molecule has 1 aromatic carbocycles. The van der Waals surface area contributed by atoms with E-state index >= 15 is 0 Å². The molecule has 0 aromatic heterocycles. The van der Waals surface area contributed by atoms with Gasteiger partial charge in [0.25, 0.3) is 11.8 Å². The topological polar surface area (TPSA) is 86.7 Å². The zero-order valence-corrected chi connectivity index (χ0v) is 14.1. The summed E-state index contributed by atoms with van der Waals surface area (Å²) in [6, 6.07) is 6.80. The predicted molar refractivity (Wildman–Crippen MR) is 89.9 cm³/mol. The zero-order chi connectivity index (χ0) is 17.7. The van der Waals surface area contributed by atoms with Crippen molar-refractivity contribution >= 4 is 17.8 Å². The van der Waals surface area contributed by atoms with Crippen LogP contribution in [0.3, 0.4) is 0 Å². The van der Waals surface area contributed by atoms with Crippen molar-refractivity contribution in [1.82, 2.24) is 10.2 Å². The van der Waals surface area contributed by atoms with Gasteiger partial charge in [-0.15, -0.1) is 0 Å². The van der Waals surface area contributed by atoms with Crippen LogP contribution >= 0.6 is 0 Å². The lowest BCUT2D eigenvalue weighted by molar-refractivity contribution is -0.137. The van der Waals surface area contributed by atoms with Crippen molar-refractivity contribution in [2.75, 3.05) is 13.1 Å². The molecule has 1 aliphatic carbocycles. The molecule has 1 fully saturated rings. The van der Waals surface area contributed by atoms with Crippen LogP contribution in [0.2, 0.25) is 0 Å². The zero-order valence-electron chi connectivity index (χ0n) is 14.1. The number of aliphatic carboxylic acids is 1. The molecule has 0 saturated heterocycles. The van der Waals surface area contributed by atoms with Gasteiger partial charge in [0.05, 0.1) is 6.42 Å². The van der Waals surface area contributed by atoms with E-state index in [1.165, 1.54) is 0 Å². The molecular weight excluding hydrogens is 308 g/mol. The number of benzene rings is 1. The minimum absolute atomic E-state index is 0.0830. The summed E-state index contributed by atoms with van der Waals surface area (Å²) in [6.45, 7) is 4.63. The van der Waals surface area contributed by atoms with Gasteiger partial charge in [-0.05, 0) is 43.0 Å². The van der Waals surface area contributed by atoms with E-state index in [0.717, 1.165) is 12.8 Å². The van der Waals surface area contributed by atoms with Crippen LogP contribution in [0, 0.1) is 5.92 Å². The van der Waals surface area contributed by atoms with Crippen LogP contribution in [-0.2, 0) is 4.79 Å². The number of carboxylic acids is 1. The van der Waals surface area contributed by atoms with E-state index in [2.05, 4.69) is 5.32 Å². The first-order chi connectivity index (χ1) is 11.4. The van der Waals surface area contributed by atoms with Crippen molar-refractivity contribution in [3.05, 3.63) is 35.4 Å². The Kier molecular flexibility index (Phi) is 5.95. The SMILES string of the molecule is CC(C)CN(CCC(=O)O)C(=O)c1ccc(C(=O)NC2CC2)cc1. The van der Waals surface area contributed by atoms with Gasteiger partial charge < -0.3 is 15.3 Å². The Morgan fingerprint density at radius 3 is 2.25 bits per heavy atom. The Hall–Kier alpha value is -2.37. The van der Waals surface area contributed by atoms with Gasteiger partial charge in [0.2, 0.25) is 0 Å². The molecule has 1 saturated carbocycles. The van der Waals surface area contributed by atoms with Crippen molar-refractivity contribution in [1.29, 1.82) is 0 Å². The van der Waals surface area contributed by atoms with Crippen LogP contribution in [0.15, 0.2) is 24.3 Å². The molecule has 24 heavy (non-hydrogen) atoms. The molecule has 6 heteroatoms. The number of rotatable bonds is 8. The van der Waals surface area contributed by atoms with Gasteiger partial charge in [-0.3, -0.25) is 14.4 Å². The van der Waals surface area contributed by atoms with E-state index in [9.17, 15) is 14.4 Å². The Labute approximate surface area is 141 Å². The maximum atomic E-state index is 12.6. The van der Waals surface area contributed by atoms with E-state index < -0.39 is 5.97 Å². The molecule has 1 aliphatic rings. The number of carbonyl (C=O) groups is 3. The van der Waals surface area contributed by atoms with Crippen LogP contribution in [0.25, 0.3) is 0 Å². The molecular formula is C18H24N2O4. The fourth-order valence-corrected chi connectivity index (χ4v) is 2.39. The highest BCUT2D eigenvalue weighted by atomic mass is 16.4. The maximum Gasteiger partial charge on any atom is 0.305 e. The van der Waals surface area contributed by atoms with E-state index in [1.54, 1.807) is 29.2 Å². The van der Waals surface area contributed by atoms with Gasteiger partial charge in [-0.25, -0.2) is 0 Å². The van der Waals surface area contributed by atoms with Crippen molar-refractivity contribution < 1.29 is 19.5 Å². The summed E-state index contributed by atoms with van der Waals surface area (Å²) in [6.07, 6.45) is 1.96. The fraction of sp³-hybridized carbons (Fsp3) is 0.500. The number of carbonyl (C=O) groups excluding carboxylic acids is 2. The molecule has 0 bridgehead atoms. The fourth-order valence-electron chi connectivity index (χ4n) is 2.39. The normalized spacial score (nSPS) is 13.6. The average Bonchev–Trinajstić information content (AvgIpc) is 3.34. The maximum absolute atomic E-state index is 12.6. The lowest BCUT2D eigenvalue weighted by Gasteiger charge is -2.24. The molecule has 2 amide bonds. The first kappa shape index (κ1) is 18.0. The van der Waals surface area contributed by atoms with Gasteiger partial charge in [-0.2, -0.15) is 0 Å². The van der Waals surface area contributed by atoms with Crippen LogP contribution in [-0.4, -0.2) is 46.9 Å². The standard InChI is InChI=1S/C18H24N2O4/c1-12(2)11-20(10-9-16(21)22)18(24)14-5-3-13(4-6-14)17(23)19-15-7-8-15/h3-6,12,15H,7-11H2,1-2H3,(H,19,23)(H,21,22). The summed E-state index contributed by atoms with van der Waals surface area (Å²) >= 11 is 0. The van der Waals surface area contributed by atoms with E-state index in [0.29, 0.717) is 17.7 Å². The number of amides is 2. The molecule has 0 radical (unpaired) electrons. The Morgan fingerprint density at radius 2 is 1.75 bits per heavy atom. The van der Waals surface area contributed by atoms with Crippen molar-refractivity contribution in [3.63, 3.8) is 0 Å². The molecule has 2 N–H and O–H groups in total. The third-order valence-electron chi connectivity index (χ3n) is 3.77. The first-order valence-corrected chi connectivity index (χ1v) is 8.29. The van der Waals surface area contributed by atoms with Crippen molar-refractivity contribution in [2.45, 2.75) is 39.2 Å². The van der Waals surface area contributed by atoms with Crippen LogP contribution in [0.4, 0.5) is 0 Å². The number of hydrogen-bond acceptors (Lipinski definition) is 3. The minimum Gasteiger partial charge on any atom is -0.481 e. The van der Waals surface area contributed by atoms with Gasteiger partial charge >= 0.3 is 5.97 Å². The number of hydrogen-bond donors (Lipinski definition) is 2. The highest BCUT2D eigenvalue weighted by molar-refractivity contribution is 5.98. The van der Waals surface area contributed by atoms with Crippen LogP contribution in [0.5, 0.6) is 0 Å². The molecule has 0 heterocycles. The molecule has 0 unspecified atom stereocenters. The van der Waals surface area contributed by atoms with Crippen molar-refractivity contribution in [3.8, 4) is 0 Å². The first-order valence-electron chi connectivity index (χ1n) is 8.29. The number of nitrogens with one attached hydrogen (secondary N) is 1. The summed E-state index contributed by atoms with van der Waals surface area (Å²) < 4.78 is 0. The smallest absolute Gasteiger partial charge is 0.305 e. The van der Waals surface area contributed by atoms with E-state index in [1.807, 2.05) is 13.8 Å². The highest BCUT2D eigenvalue weighted by Crippen LogP contribution is 2.19. The molecule has 0 spiro atoms. The van der Waals surface area contributed by atoms with E-state index in [4.69, 9.17) is 5.11 Å². The van der Waals surface area contributed by atoms with E-state index in [-0.39, 0.29) is 36.7 Å². The van der Waals surface area contributed by atoms with Gasteiger partial charge in [0, 0.05) is 30.3 Å². The van der Waals surface area contributed by atoms with Crippen LogP contribution in [0.1, 0.15) is 53.8 Å². The summed E-state index contributed by atoms with van der Waals surface area (Å²) in [5.74, 6) is -1.02. The largest absolute Gasteiger partial charge is 0.481 e. The second kappa shape index (κ2) is 7.95. The molecule has 1 aromatic rings. The summed E-state index contributed by atoms with van der Waals surface area (Å²) in [4.78, 5) is 36.9. The Bertz CT molecular complexity index is 606. The quantitative estimate of drug-likeness (QED) is 0.764. The predicted octanol–water partition coefficient (Wildman–Crippen LogP) is 2.15. The molecule has 2 rings (SSSR count). The molecule has 0 aliphatic heterocycles. The van der Waals surface area contributed by atoms with Crippen molar-refractivity contribution in [2.24, 2.45) is 5.92 Å². The summed E-state index contributed by atoms with van der Waals surface area (Å²) in [5.41, 5.74) is 0.989. The lowest BCUT2D eigenvalue weighted by atomic mass is 10.1. The van der Waals surface area contributed by atoms with Gasteiger partial charge in [-0.1, -0.05) is 13.8 Å². The molecule has 130 valence electrons. The summed E-state index contributed by atoms with van der Waals surface area (Å²) in [7, 11) is 0. The minimum atomic E-state index is -0.927. The van der Waals surface area contributed by atoms with Crippen LogP contribution < -0.4 is 5.32 Å². The second-order valence-electron chi connectivity index (χ2n) is 6.61. The molecule has 0 atom stereocenters. The third-order valence-corrected chi connectivity index (χ3v) is 3.77. The Morgan fingerprint density at radius 1 is 1.17 bits per heavy atom. The average molecular weight is 332 g/mol. The number of nitrogens with zero attached hydrogens (tertiary/aromatic N) is 1. The Balaban J connectivity index is 2.04. The molecule has 6 nitrogen and oxygen atoms in total. The van der Waals surface area contributed by atoms with Gasteiger partial charge in [0.1, 0.15) is 0 Å². The summed E-state index contributed by atoms with van der Waals surface area (Å²) in [5, 5.41) is 11.7. The lowest BCUT2D eigenvalue weighted by Crippen LogP contribution is -2.36. The number of carboxylic acid groups (broad SMARTS) is 1. The second-order valence-corrected chi connectivity index (χ2v) is 6.61. The van der Waals surface area contributed by atoms with Gasteiger partial charge in [0.15, 0.2) is 0 Å².